The van der Waals surface area contributed by atoms with Gasteiger partial charge in [0.15, 0.2) is 0 Å². The molecule has 1 saturated heterocycles. The van der Waals surface area contributed by atoms with Gasteiger partial charge in [0.2, 0.25) is 0 Å². The molecule has 0 unspecified atom stereocenters. The Balaban J connectivity index is 1.75. The second kappa shape index (κ2) is 6.04. The van der Waals surface area contributed by atoms with Crippen molar-refractivity contribution in [3.63, 3.8) is 0 Å². The number of hydrogen-bond donors (Lipinski definition) is 0. The molecular formula is C17H19N3O. The summed E-state index contributed by atoms with van der Waals surface area (Å²) in [6.45, 7) is 3.56. The van der Waals surface area contributed by atoms with E-state index in [0.29, 0.717) is 11.5 Å². The zero-order chi connectivity index (χ0) is 14.7. The van der Waals surface area contributed by atoms with Gasteiger partial charge in [0.1, 0.15) is 0 Å². The first-order chi connectivity index (χ1) is 10.2. The Hall–Kier alpha value is -2.23. The van der Waals surface area contributed by atoms with Crippen LogP contribution in [0.2, 0.25) is 0 Å². The highest BCUT2D eigenvalue weighted by Gasteiger charge is 2.26. The molecule has 0 radical (unpaired) electrons. The maximum atomic E-state index is 12.5. The average molecular weight is 281 g/mol. The van der Waals surface area contributed by atoms with Crippen molar-refractivity contribution in [2.45, 2.75) is 25.7 Å². The molecule has 2 aromatic rings. The SMILES string of the molecule is Cc1cccc([C@@H]2CCCN(C(=O)c3cccnc3)C2)n1. The first kappa shape index (κ1) is 13.7. The third-order valence-electron chi connectivity index (χ3n) is 3.95. The molecule has 3 heterocycles. The summed E-state index contributed by atoms with van der Waals surface area (Å²) in [7, 11) is 0. The summed E-state index contributed by atoms with van der Waals surface area (Å²) in [5.74, 6) is 0.403. The first-order valence-corrected chi connectivity index (χ1v) is 7.37. The van der Waals surface area contributed by atoms with Crippen molar-refractivity contribution < 1.29 is 4.79 Å². The maximum absolute atomic E-state index is 12.5. The van der Waals surface area contributed by atoms with Gasteiger partial charge in [-0.1, -0.05) is 6.07 Å². The zero-order valence-electron chi connectivity index (χ0n) is 12.2. The van der Waals surface area contributed by atoms with E-state index in [9.17, 15) is 4.79 Å². The van der Waals surface area contributed by atoms with Crippen LogP contribution in [0.4, 0.5) is 0 Å². The highest BCUT2D eigenvalue weighted by molar-refractivity contribution is 5.93. The molecule has 108 valence electrons. The van der Waals surface area contributed by atoms with Crippen LogP contribution in [-0.2, 0) is 0 Å². The monoisotopic (exact) mass is 281 g/mol. The number of nitrogens with zero attached hydrogens (tertiary/aromatic N) is 3. The molecule has 1 atom stereocenters. The van der Waals surface area contributed by atoms with Crippen molar-refractivity contribution in [3.05, 3.63) is 59.7 Å². The fourth-order valence-electron chi connectivity index (χ4n) is 2.87. The van der Waals surface area contributed by atoms with Crippen molar-refractivity contribution in [1.82, 2.24) is 14.9 Å². The lowest BCUT2D eigenvalue weighted by atomic mass is 9.93. The minimum atomic E-state index is 0.0699. The molecule has 1 aliphatic rings. The summed E-state index contributed by atoms with van der Waals surface area (Å²) in [4.78, 5) is 23.1. The number of aromatic nitrogens is 2. The molecule has 1 aliphatic heterocycles. The standard InChI is InChI=1S/C17H19N3O/c1-13-5-2-8-16(19-13)15-7-4-10-20(12-15)17(21)14-6-3-9-18-11-14/h2-3,5-6,8-9,11,15H,4,7,10,12H2,1H3/t15-/m1/s1. The molecule has 4 nitrogen and oxygen atoms in total. The Labute approximate surface area is 124 Å². The number of carbonyl (C=O) groups excluding carboxylic acids is 1. The molecule has 3 rings (SSSR count). The molecular weight excluding hydrogens is 262 g/mol. The molecule has 1 amide bonds. The van der Waals surface area contributed by atoms with Crippen LogP contribution >= 0.6 is 0 Å². The van der Waals surface area contributed by atoms with Crippen LogP contribution in [0.5, 0.6) is 0 Å². The number of pyridine rings is 2. The van der Waals surface area contributed by atoms with Gasteiger partial charge in [0.05, 0.1) is 5.56 Å². The predicted molar refractivity (Wildman–Crippen MR) is 81.1 cm³/mol. The van der Waals surface area contributed by atoms with E-state index in [2.05, 4.69) is 16.0 Å². The van der Waals surface area contributed by atoms with Gasteiger partial charge in [-0.25, -0.2) is 0 Å². The van der Waals surface area contributed by atoms with E-state index in [1.807, 2.05) is 30.0 Å². The van der Waals surface area contributed by atoms with E-state index in [-0.39, 0.29) is 5.91 Å². The summed E-state index contributed by atoms with van der Waals surface area (Å²) in [5.41, 5.74) is 2.79. The van der Waals surface area contributed by atoms with E-state index in [4.69, 9.17) is 0 Å². The van der Waals surface area contributed by atoms with Crippen molar-refractivity contribution in [3.8, 4) is 0 Å². The normalized spacial score (nSPS) is 18.5. The highest BCUT2D eigenvalue weighted by atomic mass is 16.2. The van der Waals surface area contributed by atoms with Gasteiger partial charge in [0.25, 0.3) is 5.91 Å². The van der Waals surface area contributed by atoms with Gasteiger partial charge in [-0.2, -0.15) is 0 Å². The number of rotatable bonds is 2. The van der Waals surface area contributed by atoms with Crippen LogP contribution < -0.4 is 0 Å². The van der Waals surface area contributed by atoms with Crippen LogP contribution in [0, 0.1) is 6.92 Å². The Bertz CT molecular complexity index is 627. The van der Waals surface area contributed by atoms with Gasteiger partial charge >= 0.3 is 0 Å². The molecule has 1 fully saturated rings. The Kier molecular flexibility index (Phi) is 3.95. The Morgan fingerprint density at radius 1 is 1.29 bits per heavy atom. The fourth-order valence-corrected chi connectivity index (χ4v) is 2.87. The topological polar surface area (TPSA) is 46.1 Å². The lowest BCUT2D eigenvalue weighted by molar-refractivity contribution is 0.0705. The van der Waals surface area contributed by atoms with Crippen molar-refractivity contribution in [2.24, 2.45) is 0 Å². The minimum absolute atomic E-state index is 0.0699. The number of carbonyl (C=O) groups is 1. The summed E-state index contributed by atoms with van der Waals surface area (Å²) in [6.07, 6.45) is 5.43. The Morgan fingerprint density at radius 2 is 2.19 bits per heavy atom. The number of likely N-dealkylation sites (tertiary alicyclic amines) is 1. The van der Waals surface area contributed by atoms with Gasteiger partial charge in [-0.3, -0.25) is 14.8 Å². The lowest BCUT2D eigenvalue weighted by Gasteiger charge is -2.32. The summed E-state index contributed by atoms with van der Waals surface area (Å²) in [6, 6.07) is 9.74. The van der Waals surface area contributed by atoms with Gasteiger partial charge in [-0.15, -0.1) is 0 Å². The first-order valence-electron chi connectivity index (χ1n) is 7.37. The highest BCUT2D eigenvalue weighted by Crippen LogP contribution is 2.26. The predicted octanol–water partition coefficient (Wildman–Crippen LogP) is 2.80. The number of amides is 1. The van der Waals surface area contributed by atoms with Crippen LogP contribution in [0.1, 0.15) is 40.5 Å². The van der Waals surface area contributed by atoms with E-state index >= 15 is 0 Å². The summed E-state index contributed by atoms with van der Waals surface area (Å²) >= 11 is 0. The number of piperidine rings is 1. The fraction of sp³-hybridized carbons (Fsp3) is 0.353. The van der Waals surface area contributed by atoms with Crippen LogP contribution in [0.15, 0.2) is 42.7 Å². The smallest absolute Gasteiger partial charge is 0.255 e. The average Bonchev–Trinajstić information content (AvgIpc) is 2.55. The molecule has 0 aliphatic carbocycles. The summed E-state index contributed by atoms with van der Waals surface area (Å²) < 4.78 is 0. The van der Waals surface area contributed by atoms with Gasteiger partial charge < -0.3 is 4.90 Å². The van der Waals surface area contributed by atoms with Crippen molar-refractivity contribution >= 4 is 5.91 Å². The molecule has 0 bridgehead atoms. The zero-order valence-corrected chi connectivity index (χ0v) is 12.2. The van der Waals surface area contributed by atoms with Crippen LogP contribution in [0.3, 0.4) is 0 Å². The van der Waals surface area contributed by atoms with E-state index in [1.54, 1.807) is 18.5 Å². The maximum Gasteiger partial charge on any atom is 0.255 e. The van der Waals surface area contributed by atoms with E-state index in [0.717, 1.165) is 37.3 Å². The third-order valence-corrected chi connectivity index (χ3v) is 3.95. The molecule has 2 aromatic heterocycles. The molecule has 4 heteroatoms. The third kappa shape index (κ3) is 3.10. The molecule has 0 N–H and O–H groups in total. The molecule has 0 aromatic carbocycles. The number of aryl methyl sites for hydroxylation is 1. The summed E-state index contributed by atoms with van der Waals surface area (Å²) in [5, 5.41) is 0. The number of hydrogen-bond acceptors (Lipinski definition) is 3. The quantitative estimate of drug-likeness (QED) is 0.850. The largest absolute Gasteiger partial charge is 0.338 e. The lowest BCUT2D eigenvalue weighted by Crippen LogP contribution is -2.39. The second-order valence-electron chi connectivity index (χ2n) is 5.54. The second-order valence-corrected chi connectivity index (χ2v) is 5.54. The molecule has 0 spiro atoms. The van der Waals surface area contributed by atoms with Gasteiger partial charge in [0, 0.05) is 42.8 Å². The van der Waals surface area contributed by atoms with Gasteiger partial charge in [-0.05, 0) is 44.0 Å². The van der Waals surface area contributed by atoms with Crippen molar-refractivity contribution in [2.75, 3.05) is 13.1 Å². The van der Waals surface area contributed by atoms with Crippen LogP contribution in [0.25, 0.3) is 0 Å². The minimum Gasteiger partial charge on any atom is -0.338 e. The van der Waals surface area contributed by atoms with E-state index in [1.165, 1.54) is 0 Å². The molecule has 21 heavy (non-hydrogen) atoms. The van der Waals surface area contributed by atoms with E-state index < -0.39 is 0 Å². The Morgan fingerprint density at radius 3 is 2.95 bits per heavy atom. The van der Waals surface area contributed by atoms with Crippen LogP contribution in [-0.4, -0.2) is 33.9 Å². The molecule has 0 saturated carbocycles. The van der Waals surface area contributed by atoms with Crippen molar-refractivity contribution in [1.29, 1.82) is 0 Å².